The van der Waals surface area contributed by atoms with Crippen LogP contribution in [0, 0.1) is 0 Å². The normalized spacial score (nSPS) is 24.7. The molecular weight excluding hydrogens is 292 g/mol. The summed E-state index contributed by atoms with van der Waals surface area (Å²) in [6.45, 7) is 3.20. The van der Waals surface area contributed by atoms with Crippen LogP contribution in [-0.2, 0) is 9.53 Å². The molecule has 2 aliphatic rings. The summed E-state index contributed by atoms with van der Waals surface area (Å²) in [6, 6.07) is 8.01. The largest absolute Gasteiger partial charge is 0.496 e. The molecule has 2 unspecified atom stereocenters. The highest BCUT2D eigenvalue weighted by Crippen LogP contribution is 2.31. The summed E-state index contributed by atoms with van der Waals surface area (Å²) in [5, 5.41) is 3.39. The summed E-state index contributed by atoms with van der Waals surface area (Å²) in [5.74, 6) is 1.07. The minimum absolute atomic E-state index is 0.0388. The third kappa shape index (κ3) is 3.85. The van der Waals surface area contributed by atoms with Crippen LogP contribution < -0.4 is 10.1 Å². The van der Waals surface area contributed by atoms with Gasteiger partial charge in [-0.05, 0) is 25.3 Å². The van der Waals surface area contributed by atoms with E-state index in [-0.39, 0.29) is 18.1 Å². The number of nitrogens with one attached hydrogen (secondary N) is 1. The van der Waals surface area contributed by atoms with Gasteiger partial charge in [0.15, 0.2) is 0 Å². The maximum atomic E-state index is 12.7. The van der Waals surface area contributed by atoms with Crippen molar-refractivity contribution < 1.29 is 14.3 Å². The number of amides is 1. The van der Waals surface area contributed by atoms with Crippen molar-refractivity contribution in [3.8, 4) is 5.75 Å². The Labute approximate surface area is 137 Å². The fraction of sp³-hybridized carbons (Fsp3) is 0.611. The maximum absolute atomic E-state index is 12.7. The summed E-state index contributed by atoms with van der Waals surface area (Å²) >= 11 is 0. The SMILES string of the molecule is COc1ccccc1C1CNCCN1C(=O)CCC1CCCO1. The summed E-state index contributed by atoms with van der Waals surface area (Å²) in [5.41, 5.74) is 1.08. The molecule has 0 bridgehead atoms. The Morgan fingerprint density at radius 3 is 3.09 bits per heavy atom. The minimum Gasteiger partial charge on any atom is -0.496 e. The molecule has 3 rings (SSSR count). The Morgan fingerprint density at radius 2 is 2.30 bits per heavy atom. The van der Waals surface area contributed by atoms with E-state index in [1.807, 2.05) is 23.1 Å². The van der Waals surface area contributed by atoms with Crippen LogP contribution in [-0.4, -0.2) is 50.3 Å². The van der Waals surface area contributed by atoms with Crippen LogP contribution in [0.15, 0.2) is 24.3 Å². The predicted octanol–water partition coefficient (Wildman–Crippen LogP) is 2.13. The first-order chi connectivity index (χ1) is 11.3. The predicted molar refractivity (Wildman–Crippen MR) is 88.5 cm³/mol. The number of benzene rings is 1. The number of carbonyl (C=O) groups is 1. The first-order valence-corrected chi connectivity index (χ1v) is 8.54. The molecule has 23 heavy (non-hydrogen) atoms. The van der Waals surface area contributed by atoms with Gasteiger partial charge in [-0.1, -0.05) is 18.2 Å². The van der Waals surface area contributed by atoms with Crippen LogP contribution in [0.2, 0.25) is 0 Å². The van der Waals surface area contributed by atoms with Gasteiger partial charge < -0.3 is 19.7 Å². The molecule has 1 N–H and O–H groups in total. The highest BCUT2D eigenvalue weighted by molar-refractivity contribution is 5.77. The zero-order valence-electron chi connectivity index (χ0n) is 13.8. The molecule has 2 heterocycles. The van der Waals surface area contributed by atoms with Crippen molar-refractivity contribution in [3.05, 3.63) is 29.8 Å². The fourth-order valence-electron chi connectivity index (χ4n) is 3.52. The third-order valence-corrected chi connectivity index (χ3v) is 4.77. The maximum Gasteiger partial charge on any atom is 0.223 e. The van der Waals surface area contributed by atoms with E-state index in [1.165, 1.54) is 0 Å². The number of rotatable bonds is 5. The molecular formula is C18H26N2O3. The number of para-hydroxylation sites is 1. The molecule has 0 radical (unpaired) electrons. The van der Waals surface area contributed by atoms with Crippen molar-refractivity contribution >= 4 is 5.91 Å². The van der Waals surface area contributed by atoms with Gasteiger partial charge >= 0.3 is 0 Å². The lowest BCUT2D eigenvalue weighted by Gasteiger charge is -2.37. The average Bonchev–Trinajstić information content (AvgIpc) is 3.13. The lowest BCUT2D eigenvalue weighted by Crippen LogP contribution is -2.48. The third-order valence-electron chi connectivity index (χ3n) is 4.77. The lowest BCUT2D eigenvalue weighted by atomic mass is 10.0. The molecule has 126 valence electrons. The lowest BCUT2D eigenvalue weighted by molar-refractivity contribution is -0.135. The second kappa shape index (κ2) is 7.79. The van der Waals surface area contributed by atoms with Gasteiger partial charge in [-0.15, -0.1) is 0 Å². The minimum atomic E-state index is 0.0388. The fourth-order valence-corrected chi connectivity index (χ4v) is 3.52. The Balaban J connectivity index is 1.69. The molecule has 5 heteroatoms. The number of nitrogens with zero attached hydrogens (tertiary/aromatic N) is 1. The number of carbonyl (C=O) groups excluding carboxylic acids is 1. The summed E-state index contributed by atoms with van der Waals surface area (Å²) in [7, 11) is 1.68. The molecule has 0 spiro atoms. The van der Waals surface area contributed by atoms with Crippen LogP contribution >= 0.6 is 0 Å². The van der Waals surface area contributed by atoms with E-state index in [4.69, 9.17) is 9.47 Å². The molecule has 0 saturated carbocycles. The van der Waals surface area contributed by atoms with Crippen LogP contribution in [0.4, 0.5) is 0 Å². The van der Waals surface area contributed by atoms with Crippen LogP contribution in [0.3, 0.4) is 0 Å². The Morgan fingerprint density at radius 1 is 1.43 bits per heavy atom. The Hall–Kier alpha value is -1.59. The van der Waals surface area contributed by atoms with Gasteiger partial charge in [-0.2, -0.15) is 0 Å². The summed E-state index contributed by atoms with van der Waals surface area (Å²) < 4.78 is 11.1. The molecule has 0 aromatic heterocycles. The van der Waals surface area contributed by atoms with E-state index in [0.29, 0.717) is 6.42 Å². The van der Waals surface area contributed by atoms with E-state index in [1.54, 1.807) is 7.11 Å². The standard InChI is InChI=1S/C18H26N2O3/c1-22-17-7-3-2-6-15(17)16-13-19-10-11-20(16)18(21)9-8-14-5-4-12-23-14/h2-3,6-7,14,16,19H,4-5,8-13H2,1H3. The molecule has 0 aliphatic carbocycles. The Bertz CT molecular complexity index is 529. The van der Waals surface area contributed by atoms with Crippen molar-refractivity contribution in [2.24, 2.45) is 0 Å². The highest BCUT2D eigenvalue weighted by atomic mass is 16.5. The van der Waals surface area contributed by atoms with E-state index in [0.717, 1.165) is 56.8 Å². The van der Waals surface area contributed by atoms with Crippen molar-refractivity contribution in [2.75, 3.05) is 33.4 Å². The molecule has 2 saturated heterocycles. The van der Waals surface area contributed by atoms with Crippen molar-refractivity contribution in [3.63, 3.8) is 0 Å². The number of hydrogen-bond acceptors (Lipinski definition) is 4. The van der Waals surface area contributed by atoms with Gasteiger partial charge in [-0.3, -0.25) is 4.79 Å². The van der Waals surface area contributed by atoms with Gasteiger partial charge in [0.2, 0.25) is 5.91 Å². The van der Waals surface area contributed by atoms with Crippen LogP contribution in [0.5, 0.6) is 5.75 Å². The molecule has 2 atom stereocenters. The second-order valence-electron chi connectivity index (χ2n) is 6.22. The Kier molecular flexibility index (Phi) is 5.51. The summed E-state index contributed by atoms with van der Waals surface area (Å²) in [4.78, 5) is 14.7. The first kappa shape index (κ1) is 16.3. The molecule has 1 amide bonds. The second-order valence-corrected chi connectivity index (χ2v) is 6.22. The molecule has 5 nitrogen and oxygen atoms in total. The van der Waals surface area contributed by atoms with Gasteiger partial charge in [0, 0.05) is 38.2 Å². The van der Waals surface area contributed by atoms with E-state index >= 15 is 0 Å². The number of piperazine rings is 1. The van der Waals surface area contributed by atoms with Crippen LogP contribution in [0.25, 0.3) is 0 Å². The first-order valence-electron chi connectivity index (χ1n) is 8.54. The van der Waals surface area contributed by atoms with Crippen LogP contribution in [0.1, 0.15) is 37.3 Å². The molecule has 2 fully saturated rings. The van der Waals surface area contributed by atoms with E-state index < -0.39 is 0 Å². The topological polar surface area (TPSA) is 50.8 Å². The van der Waals surface area contributed by atoms with Gasteiger partial charge in [0.1, 0.15) is 5.75 Å². The van der Waals surface area contributed by atoms with Gasteiger partial charge in [-0.25, -0.2) is 0 Å². The highest BCUT2D eigenvalue weighted by Gasteiger charge is 2.30. The number of ether oxygens (including phenoxy) is 2. The zero-order valence-corrected chi connectivity index (χ0v) is 13.8. The molecule has 1 aromatic carbocycles. The monoisotopic (exact) mass is 318 g/mol. The van der Waals surface area contributed by atoms with Crippen molar-refractivity contribution in [2.45, 2.75) is 37.8 Å². The number of methoxy groups -OCH3 is 1. The van der Waals surface area contributed by atoms with Gasteiger partial charge in [0.05, 0.1) is 19.3 Å². The van der Waals surface area contributed by atoms with Crippen molar-refractivity contribution in [1.29, 1.82) is 0 Å². The smallest absolute Gasteiger partial charge is 0.223 e. The van der Waals surface area contributed by atoms with Crippen molar-refractivity contribution in [1.82, 2.24) is 10.2 Å². The molecule has 1 aromatic rings. The molecule has 2 aliphatic heterocycles. The van der Waals surface area contributed by atoms with Gasteiger partial charge in [0.25, 0.3) is 0 Å². The zero-order chi connectivity index (χ0) is 16.1. The number of hydrogen-bond donors (Lipinski definition) is 1. The van der Waals surface area contributed by atoms with E-state index in [2.05, 4.69) is 11.4 Å². The quantitative estimate of drug-likeness (QED) is 0.903. The summed E-state index contributed by atoms with van der Waals surface area (Å²) in [6.07, 6.45) is 3.88. The van der Waals surface area contributed by atoms with E-state index in [9.17, 15) is 4.79 Å². The average molecular weight is 318 g/mol.